The molecule has 0 saturated heterocycles. The van der Waals surface area contributed by atoms with Crippen molar-refractivity contribution in [1.82, 2.24) is 0 Å². The van der Waals surface area contributed by atoms with Crippen molar-refractivity contribution in [3.05, 3.63) is 58.7 Å². The van der Waals surface area contributed by atoms with E-state index in [2.05, 4.69) is 25.6 Å². The van der Waals surface area contributed by atoms with Crippen LogP contribution >= 0.6 is 0 Å². The molecule has 0 amide bonds. The fraction of sp³-hybridized carbons (Fsp3) is 0.318. The van der Waals surface area contributed by atoms with Crippen molar-refractivity contribution >= 4 is 16.7 Å². The van der Waals surface area contributed by atoms with E-state index in [1.165, 1.54) is 5.57 Å². The number of fused-ring (bicyclic) bond motifs is 2. The number of hydrogen-bond donors (Lipinski definition) is 0. The predicted octanol–water partition coefficient (Wildman–Crippen LogP) is 5.07. The third kappa shape index (κ3) is 3.07. The number of rotatable bonds is 4. The topological polar surface area (TPSA) is 35.5 Å². The van der Waals surface area contributed by atoms with Crippen LogP contribution < -0.4 is 9.47 Å². The quantitative estimate of drug-likeness (QED) is 0.338. The number of ether oxygens (including phenoxy) is 2. The Kier molecular flexibility index (Phi) is 4.67. The van der Waals surface area contributed by atoms with Crippen LogP contribution in [0.2, 0.25) is 0 Å². The van der Waals surface area contributed by atoms with Gasteiger partial charge in [0, 0.05) is 27.5 Å². The van der Waals surface area contributed by atoms with Crippen LogP contribution in [0.25, 0.3) is 10.8 Å². The summed E-state index contributed by atoms with van der Waals surface area (Å²) >= 11 is 0. The summed E-state index contributed by atoms with van der Waals surface area (Å²) in [4.78, 5) is 12.2. The Morgan fingerprint density at radius 1 is 1.20 bits per heavy atom. The number of esters is 1. The first kappa shape index (κ1) is 17.3. The number of allylic oxidation sites excluding steroid dienone is 2. The van der Waals surface area contributed by atoms with Gasteiger partial charge in [0.1, 0.15) is 11.5 Å². The summed E-state index contributed by atoms with van der Waals surface area (Å²) in [6.07, 6.45) is 4.83. The first-order valence-electron chi connectivity index (χ1n) is 8.63. The molecule has 0 aliphatic heterocycles. The minimum Gasteiger partial charge on any atom is -0.496 e. The molecule has 0 spiro atoms. The molecule has 3 heteroatoms. The van der Waals surface area contributed by atoms with Crippen LogP contribution in [0.1, 0.15) is 37.0 Å². The molecular formula is C22H24O3. The first-order valence-corrected chi connectivity index (χ1v) is 8.63. The summed E-state index contributed by atoms with van der Waals surface area (Å²) in [6.45, 7) is 9.58. The van der Waals surface area contributed by atoms with Crippen LogP contribution in [-0.4, -0.2) is 13.1 Å². The van der Waals surface area contributed by atoms with Crippen molar-refractivity contribution in [3.8, 4) is 11.5 Å². The highest BCUT2D eigenvalue weighted by Gasteiger charge is 2.25. The molecule has 0 atom stereocenters. The van der Waals surface area contributed by atoms with Gasteiger partial charge in [0.15, 0.2) is 0 Å². The van der Waals surface area contributed by atoms with Gasteiger partial charge in [0.25, 0.3) is 0 Å². The average Bonchev–Trinajstić information content (AvgIpc) is 2.60. The minimum atomic E-state index is -0.387. The molecule has 1 aliphatic rings. The average molecular weight is 336 g/mol. The molecule has 2 aromatic rings. The smallest absolute Gasteiger partial charge is 0.338 e. The van der Waals surface area contributed by atoms with Gasteiger partial charge in [0.05, 0.1) is 7.11 Å². The van der Waals surface area contributed by atoms with Crippen LogP contribution in [0.3, 0.4) is 0 Å². The second-order valence-electron chi connectivity index (χ2n) is 6.64. The molecule has 0 N–H and O–H groups in total. The van der Waals surface area contributed by atoms with Crippen molar-refractivity contribution in [1.29, 1.82) is 0 Å². The van der Waals surface area contributed by atoms with E-state index in [4.69, 9.17) is 9.47 Å². The number of hydrogen-bond acceptors (Lipinski definition) is 3. The standard InChI is InChI=1S/C22H24O3/c1-6-15-8-10-16-19(12-15)21(25-22(23)13(2)3)17-9-7-14(4)11-18(17)20(16)24-5/h7-9,11H,2,6,10,12H2,1,3-5H3. The zero-order valence-corrected chi connectivity index (χ0v) is 15.4. The largest absolute Gasteiger partial charge is 0.496 e. The van der Waals surface area contributed by atoms with E-state index >= 15 is 0 Å². The van der Waals surface area contributed by atoms with Gasteiger partial charge in [-0.3, -0.25) is 0 Å². The summed E-state index contributed by atoms with van der Waals surface area (Å²) < 4.78 is 11.6. The molecule has 3 rings (SSSR count). The molecular weight excluding hydrogens is 312 g/mol. The molecule has 0 radical (unpaired) electrons. The van der Waals surface area contributed by atoms with Crippen molar-refractivity contribution < 1.29 is 14.3 Å². The lowest BCUT2D eigenvalue weighted by molar-refractivity contribution is -0.130. The maximum atomic E-state index is 12.2. The maximum absolute atomic E-state index is 12.2. The predicted molar refractivity (Wildman–Crippen MR) is 101 cm³/mol. The number of carbonyl (C=O) groups is 1. The van der Waals surface area contributed by atoms with E-state index in [0.29, 0.717) is 11.3 Å². The van der Waals surface area contributed by atoms with Gasteiger partial charge >= 0.3 is 5.97 Å². The Balaban J connectivity index is 2.32. The third-order valence-electron chi connectivity index (χ3n) is 4.78. The SMILES string of the molecule is C=C(C)C(=O)Oc1c2c(c(OC)c3cc(C)ccc13)CC=C(CC)C2. The second kappa shape index (κ2) is 6.75. The molecule has 0 unspecified atom stereocenters. The van der Waals surface area contributed by atoms with Gasteiger partial charge in [-0.25, -0.2) is 4.79 Å². The highest BCUT2D eigenvalue weighted by Crippen LogP contribution is 2.44. The monoisotopic (exact) mass is 336 g/mol. The molecule has 1 aliphatic carbocycles. The van der Waals surface area contributed by atoms with Gasteiger partial charge in [-0.1, -0.05) is 42.8 Å². The zero-order valence-electron chi connectivity index (χ0n) is 15.4. The van der Waals surface area contributed by atoms with Gasteiger partial charge in [-0.05, 0) is 39.2 Å². The third-order valence-corrected chi connectivity index (χ3v) is 4.78. The van der Waals surface area contributed by atoms with Crippen molar-refractivity contribution in [2.75, 3.05) is 7.11 Å². The molecule has 25 heavy (non-hydrogen) atoms. The highest BCUT2D eigenvalue weighted by atomic mass is 16.5. The Morgan fingerprint density at radius 2 is 1.96 bits per heavy atom. The van der Waals surface area contributed by atoms with Crippen LogP contribution in [0.4, 0.5) is 0 Å². The normalized spacial score (nSPS) is 13.2. The summed E-state index contributed by atoms with van der Waals surface area (Å²) in [5.41, 5.74) is 5.06. The van der Waals surface area contributed by atoms with Gasteiger partial charge in [-0.2, -0.15) is 0 Å². The van der Waals surface area contributed by atoms with E-state index in [0.717, 1.165) is 52.5 Å². The number of benzene rings is 2. The van der Waals surface area contributed by atoms with Crippen LogP contribution in [0, 0.1) is 6.92 Å². The van der Waals surface area contributed by atoms with E-state index in [1.807, 2.05) is 19.1 Å². The van der Waals surface area contributed by atoms with Crippen LogP contribution in [0.5, 0.6) is 11.5 Å². The van der Waals surface area contributed by atoms with Crippen molar-refractivity contribution in [3.63, 3.8) is 0 Å². The lowest BCUT2D eigenvalue weighted by Crippen LogP contribution is -2.14. The van der Waals surface area contributed by atoms with E-state index < -0.39 is 0 Å². The highest BCUT2D eigenvalue weighted by molar-refractivity contribution is 6.00. The van der Waals surface area contributed by atoms with Crippen molar-refractivity contribution in [2.45, 2.75) is 40.0 Å². The summed E-state index contributed by atoms with van der Waals surface area (Å²) in [5.74, 6) is 1.15. The molecule has 0 fully saturated rings. The van der Waals surface area contributed by atoms with Gasteiger partial charge < -0.3 is 9.47 Å². The number of methoxy groups -OCH3 is 1. The summed E-state index contributed by atoms with van der Waals surface area (Å²) in [6, 6.07) is 6.13. The fourth-order valence-electron chi connectivity index (χ4n) is 3.39. The molecule has 0 heterocycles. The summed E-state index contributed by atoms with van der Waals surface area (Å²) in [5, 5.41) is 1.90. The van der Waals surface area contributed by atoms with E-state index in [1.54, 1.807) is 14.0 Å². The van der Waals surface area contributed by atoms with Crippen LogP contribution in [-0.2, 0) is 17.6 Å². The molecule has 0 aromatic heterocycles. The van der Waals surface area contributed by atoms with Crippen LogP contribution in [0.15, 0.2) is 42.0 Å². The molecule has 0 saturated carbocycles. The fourth-order valence-corrected chi connectivity index (χ4v) is 3.39. The Bertz CT molecular complexity index is 903. The van der Waals surface area contributed by atoms with E-state index in [-0.39, 0.29) is 5.97 Å². The van der Waals surface area contributed by atoms with Gasteiger partial charge in [-0.15, -0.1) is 0 Å². The second-order valence-corrected chi connectivity index (χ2v) is 6.64. The number of aryl methyl sites for hydroxylation is 1. The Hall–Kier alpha value is -2.55. The Morgan fingerprint density at radius 3 is 2.60 bits per heavy atom. The summed E-state index contributed by atoms with van der Waals surface area (Å²) in [7, 11) is 1.70. The lowest BCUT2D eigenvalue weighted by atomic mass is 9.86. The van der Waals surface area contributed by atoms with Gasteiger partial charge in [0.2, 0.25) is 0 Å². The first-order chi connectivity index (χ1) is 12.0. The molecule has 0 bridgehead atoms. The molecule has 130 valence electrons. The number of carbonyl (C=O) groups excluding carboxylic acids is 1. The minimum absolute atomic E-state index is 0.387. The Labute approximate surface area is 148 Å². The van der Waals surface area contributed by atoms with Crippen molar-refractivity contribution in [2.24, 2.45) is 0 Å². The molecule has 2 aromatic carbocycles. The lowest BCUT2D eigenvalue weighted by Gasteiger charge is -2.24. The zero-order chi connectivity index (χ0) is 18.1. The van der Waals surface area contributed by atoms with E-state index in [9.17, 15) is 4.79 Å². The maximum Gasteiger partial charge on any atom is 0.338 e. The molecule has 3 nitrogen and oxygen atoms in total.